The molecular weight excluding hydrogens is 242 g/mol. The van der Waals surface area contributed by atoms with Crippen LogP contribution < -0.4 is 4.90 Å². The van der Waals surface area contributed by atoms with Crippen LogP contribution in [0, 0.1) is 0 Å². The molecule has 0 radical (unpaired) electrons. The summed E-state index contributed by atoms with van der Waals surface area (Å²) in [6.45, 7) is 0.626. The normalized spacial score (nSPS) is 12.5. The van der Waals surface area contributed by atoms with Crippen molar-refractivity contribution >= 4 is 23.6 Å². The van der Waals surface area contributed by atoms with Gasteiger partial charge in [-0.3, -0.25) is 4.79 Å². The lowest BCUT2D eigenvalue weighted by atomic mass is 9.98. The van der Waals surface area contributed by atoms with Gasteiger partial charge in [-0.25, -0.2) is 4.79 Å². The Morgan fingerprint density at radius 3 is 2.63 bits per heavy atom. The highest BCUT2D eigenvalue weighted by Crippen LogP contribution is 2.40. The lowest BCUT2D eigenvalue weighted by Gasteiger charge is -2.37. The number of aldehydes is 1. The Morgan fingerprint density at radius 2 is 1.95 bits per heavy atom. The van der Waals surface area contributed by atoms with Gasteiger partial charge in [-0.15, -0.1) is 0 Å². The molecule has 1 aliphatic rings. The predicted molar refractivity (Wildman–Crippen MR) is 71.1 cm³/mol. The number of benzene rings is 2. The monoisotopic (exact) mass is 253 g/mol. The summed E-state index contributed by atoms with van der Waals surface area (Å²) in [5.41, 5.74) is 3.63. The number of hydrogen-bond acceptors (Lipinski definition) is 3. The van der Waals surface area contributed by atoms with E-state index >= 15 is 0 Å². The minimum atomic E-state index is -0.937. The summed E-state index contributed by atoms with van der Waals surface area (Å²) in [6, 6.07) is 12.3. The number of hydrogen-bond donors (Lipinski definition) is 1. The molecule has 0 atom stereocenters. The zero-order chi connectivity index (χ0) is 13.4. The topological polar surface area (TPSA) is 57.6 Å². The van der Waals surface area contributed by atoms with Crippen molar-refractivity contribution in [3.8, 4) is 0 Å². The van der Waals surface area contributed by atoms with E-state index in [0.29, 0.717) is 17.8 Å². The van der Waals surface area contributed by atoms with Crippen molar-refractivity contribution in [1.82, 2.24) is 0 Å². The molecule has 1 heterocycles. The van der Waals surface area contributed by atoms with Gasteiger partial charge in [0.25, 0.3) is 0 Å². The highest BCUT2D eigenvalue weighted by Gasteiger charge is 2.27. The first-order valence-electron chi connectivity index (χ1n) is 5.88. The fourth-order valence-electron chi connectivity index (χ4n) is 2.34. The molecule has 0 aliphatic carbocycles. The van der Waals surface area contributed by atoms with Crippen LogP contribution >= 0.6 is 0 Å². The van der Waals surface area contributed by atoms with Crippen molar-refractivity contribution in [2.75, 3.05) is 4.90 Å². The fourth-order valence-corrected chi connectivity index (χ4v) is 2.34. The second kappa shape index (κ2) is 4.24. The number of carbonyl (C=O) groups is 2. The number of carboxylic acids is 1. The summed E-state index contributed by atoms with van der Waals surface area (Å²) in [5.74, 6) is -0.937. The first kappa shape index (κ1) is 11.5. The van der Waals surface area contributed by atoms with E-state index in [1.807, 2.05) is 23.1 Å². The number of para-hydroxylation sites is 1. The molecule has 3 rings (SSSR count). The summed E-state index contributed by atoms with van der Waals surface area (Å²) < 4.78 is 0. The van der Waals surface area contributed by atoms with E-state index in [0.717, 1.165) is 17.5 Å². The van der Waals surface area contributed by atoms with Gasteiger partial charge in [0.05, 0.1) is 17.8 Å². The van der Waals surface area contributed by atoms with Crippen LogP contribution in [0.25, 0.3) is 0 Å². The summed E-state index contributed by atoms with van der Waals surface area (Å²) in [7, 11) is 0. The molecule has 0 saturated carbocycles. The Kier molecular flexibility index (Phi) is 2.56. The van der Waals surface area contributed by atoms with Gasteiger partial charge in [-0.05, 0) is 35.9 Å². The van der Waals surface area contributed by atoms with E-state index in [1.165, 1.54) is 0 Å². The second-order valence-electron chi connectivity index (χ2n) is 4.41. The highest BCUT2D eigenvalue weighted by atomic mass is 16.4. The molecule has 0 unspecified atom stereocenters. The van der Waals surface area contributed by atoms with Crippen LogP contribution in [0.1, 0.15) is 26.3 Å². The Balaban J connectivity index is 2.02. The van der Waals surface area contributed by atoms with Gasteiger partial charge in [0, 0.05) is 11.3 Å². The van der Waals surface area contributed by atoms with Gasteiger partial charge in [-0.1, -0.05) is 12.1 Å². The van der Waals surface area contributed by atoms with Crippen LogP contribution in [0.2, 0.25) is 0 Å². The maximum Gasteiger partial charge on any atom is 0.337 e. The van der Waals surface area contributed by atoms with Crippen molar-refractivity contribution < 1.29 is 14.7 Å². The van der Waals surface area contributed by atoms with E-state index in [4.69, 9.17) is 0 Å². The van der Waals surface area contributed by atoms with Crippen LogP contribution in [-0.4, -0.2) is 17.4 Å². The molecule has 0 aromatic heterocycles. The molecule has 1 aliphatic heterocycles. The number of fused-ring (bicyclic) bond motifs is 1. The van der Waals surface area contributed by atoms with Crippen LogP contribution in [0.4, 0.5) is 11.4 Å². The third-order valence-electron chi connectivity index (χ3n) is 3.28. The quantitative estimate of drug-likeness (QED) is 0.854. The van der Waals surface area contributed by atoms with Crippen molar-refractivity contribution in [2.45, 2.75) is 6.54 Å². The Hall–Kier alpha value is -2.62. The predicted octanol–water partition coefficient (Wildman–Crippen LogP) is 2.85. The average molecular weight is 253 g/mol. The molecule has 0 spiro atoms. The van der Waals surface area contributed by atoms with Gasteiger partial charge < -0.3 is 10.0 Å². The van der Waals surface area contributed by atoms with Crippen molar-refractivity contribution in [3.05, 3.63) is 59.2 Å². The number of rotatable bonds is 3. The molecule has 2 aromatic rings. The smallest absolute Gasteiger partial charge is 0.337 e. The first-order valence-corrected chi connectivity index (χ1v) is 5.88. The zero-order valence-corrected chi connectivity index (χ0v) is 10.0. The van der Waals surface area contributed by atoms with Crippen LogP contribution in [-0.2, 0) is 6.54 Å². The van der Waals surface area contributed by atoms with Crippen LogP contribution in [0.15, 0.2) is 42.5 Å². The molecule has 19 heavy (non-hydrogen) atoms. The SMILES string of the molecule is O=Cc1ccc2c(c1)CN2c1ccccc1C(=O)O. The van der Waals surface area contributed by atoms with Gasteiger partial charge in [-0.2, -0.15) is 0 Å². The average Bonchev–Trinajstić information content (AvgIpc) is 2.40. The van der Waals surface area contributed by atoms with E-state index in [1.54, 1.807) is 24.3 Å². The van der Waals surface area contributed by atoms with Gasteiger partial charge in [0.15, 0.2) is 0 Å². The molecule has 2 aromatic carbocycles. The largest absolute Gasteiger partial charge is 0.478 e. The molecule has 1 N–H and O–H groups in total. The summed E-state index contributed by atoms with van der Waals surface area (Å²) >= 11 is 0. The van der Waals surface area contributed by atoms with Gasteiger partial charge in [0.2, 0.25) is 0 Å². The van der Waals surface area contributed by atoms with E-state index in [2.05, 4.69) is 0 Å². The van der Waals surface area contributed by atoms with Crippen molar-refractivity contribution in [2.24, 2.45) is 0 Å². The number of aromatic carboxylic acids is 1. The summed E-state index contributed by atoms with van der Waals surface area (Å²) in [4.78, 5) is 23.8. The number of nitrogens with zero attached hydrogens (tertiary/aromatic N) is 1. The lowest BCUT2D eigenvalue weighted by molar-refractivity contribution is 0.0697. The molecule has 0 bridgehead atoms. The third-order valence-corrected chi connectivity index (χ3v) is 3.28. The number of carbonyl (C=O) groups excluding carboxylic acids is 1. The minimum absolute atomic E-state index is 0.285. The van der Waals surface area contributed by atoms with Crippen LogP contribution in [0.3, 0.4) is 0 Å². The Labute approximate surface area is 109 Å². The number of carboxylic acid groups (broad SMARTS) is 1. The molecule has 0 fully saturated rings. The van der Waals surface area contributed by atoms with Crippen molar-refractivity contribution in [3.63, 3.8) is 0 Å². The van der Waals surface area contributed by atoms with E-state index < -0.39 is 5.97 Å². The Morgan fingerprint density at radius 1 is 1.16 bits per heavy atom. The summed E-state index contributed by atoms with van der Waals surface area (Å²) in [6.07, 6.45) is 0.814. The van der Waals surface area contributed by atoms with E-state index in [9.17, 15) is 14.7 Å². The lowest BCUT2D eigenvalue weighted by Crippen LogP contribution is -2.29. The van der Waals surface area contributed by atoms with Crippen LogP contribution in [0.5, 0.6) is 0 Å². The highest BCUT2D eigenvalue weighted by molar-refractivity contribution is 5.96. The first-order chi connectivity index (χ1) is 9.20. The second-order valence-corrected chi connectivity index (χ2v) is 4.41. The standard InChI is InChI=1S/C15H11NO3/c17-9-10-5-6-13-11(7-10)8-16(13)14-4-2-1-3-12(14)15(18)19/h1-7,9H,8H2,(H,18,19). The van der Waals surface area contributed by atoms with Gasteiger partial charge >= 0.3 is 5.97 Å². The molecule has 0 amide bonds. The maximum absolute atomic E-state index is 11.2. The molecular formula is C15H11NO3. The minimum Gasteiger partial charge on any atom is -0.478 e. The van der Waals surface area contributed by atoms with E-state index in [-0.39, 0.29) is 5.56 Å². The fraction of sp³-hybridized carbons (Fsp3) is 0.0667. The summed E-state index contributed by atoms with van der Waals surface area (Å²) in [5, 5.41) is 9.19. The molecule has 4 heteroatoms. The Bertz CT molecular complexity index is 679. The third kappa shape index (κ3) is 1.78. The molecule has 4 nitrogen and oxygen atoms in total. The van der Waals surface area contributed by atoms with Crippen molar-refractivity contribution in [1.29, 1.82) is 0 Å². The zero-order valence-electron chi connectivity index (χ0n) is 10.0. The maximum atomic E-state index is 11.2. The molecule has 0 saturated heterocycles. The molecule has 94 valence electrons. The number of anilines is 2. The van der Waals surface area contributed by atoms with Gasteiger partial charge in [0.1, 0.15) is 6.29 Å².